The van der Waals surface area contributed by atoms with Crippen LogP contribution in [0, 0.1) is 5.92 Å². The molecule has 148 valence electrons. The SMILES string of the molecule is Cl.O=C(c1ccccc1CC1CCNC1)N1CCC(N2CCOC2=O)CC1. The Balaban J connectivity index is 0.00000210. The number of ether oxygens (including phenoxy) is 1. The quantitative estimate of drug-likeness (QED) is 0.852. The second kappa shape index (κ2) is 8.93. The molecule has 6 nitrogen and oxygen atoms in total. The maximum Gasteiger partial charge on any atom is 0.410 e. The lowest BCUT2D eigenvalue weighted by Crippen LogP contribution is -2.47. The first-order valence-corrected chi connectivity index (χ1v) is 9.73. The third kappa shape index (κ3) is 4.38. The zero-order valence-electron chi connectivity index (χ0n) is 15.6. The van der Waals surface area contributed by atoms with Crippen LogP contribution in [0.5, 0.6) is 0 Å². The normalized spacial score (nSPS) is 23.3. The molecule has 1 N–H and O–H groups in total. The van der Waals surface area contributed by atoms with Gasteiger partial charge in [-0.1, -0.05) is 18.2 Å². The van der Waals surface area contributed by atoms with E-state index in [-0.39, 0.29) is 30.4 Å². The van der Waals surface area contributed by atoms with Crippen LogP contribution in [0.15, 0.2) is 24.3 Å². The van der Waals surface area contributed by atoms with Crippen LogP contribution in [0.1, 0.15) is 35.2 Å². The Kier molecular flexibility index (Phi) is 6.60. The highest BCUT2D eigenvalue weighted by Crippen LogP contribution is 2.24. The van der Waals surface area contributed by atoms with E-state index in [4.69, 9.17) is 4.74 Å². The minimum atomic E-state index is -0.203. The van der Waals surface area contributed by atoms with E-state index in [1.165, 1.54) is 6.42 Å². The molecule has 3 fully saturated rings. The summed E-state index contributed by atoms with van der Waals surface area (Å²) in [7, 11) is 0. The Morgan fingerprint density at radius 2 is 1.93 bits per heavy atom. The Morgan fingerprint density at radius 3 is 2.59 bits per heavy atom. The predicted molar refractivity (Wildman–Crippen MR) is 105 cm³/mol. The van der Waals surface area contributed by atoms with Gasteiger partial charge in [-0.25, -0.2) is 4.79 Å². The molecule has 0 radical (unpaired) electrons. The summed E-state index contributed by atoms with van der Waals surface area (Å²) in [5.74, 6) is 0.755. The van der Waals surface area contributed by atoms with Gasteiger partial charge in [0, 0.05) is 24.7 Å². The third-order valence-electron chi connectivity index (χ3n) is 5.90. The Bertz CT molecular complexity index is 670. The molecule has 7 heteroatoms. The molecule has 0 spiro atoms. The van der Waals surface area contributed by atoms with E-state index in [1.807, 2.05) is 28.0 Å². The summed E-state index contributed by atoms with van der Waals surface area (Å²) in [6.45, 7) is 4.68. The van der Waals surface area contributed by atoms with Crippen LogP contribution in [0.3, 0.4) is 0 Å². The minimum absolute atomic E-state index is 0. The largest absolute Gasteiger partial charge is 0.448 e. The van der Waals surface area contributed by atoms with Crippen molar-refractivity contribution < 1.29 is 14.3 Å². The zero-order valence-corrected chi connectivity index (χ0v) is 16.4. The van der Waals surface area contributed by atoms with Gasteiger partial charge in [0.1, 0.15) is 6.61 Å². The predicted octanol–water partition coefficient (Wildman–Crippen LogP) is 2.32. The summed E-state index contributed by atoms with van der Waals surface area (Å²) >= 11 is 0. The molecule has 0 aliphatic carbocycles. The highest BCUT2D eigenvalue weighted by Gasteiger charge is 2.33. The van der Waals surface area contributed by atoms with Crippen molar-refractivity contribution in [2.75, 3.05) is 39.3 Å². The van der Waals surface area contributed by atoms with Gasteiger partial charge in [-0.15, -0.1) is 12.4 Å². The zero-order chi connectivity index (χ0) is 17.9. The first-order chi connectivity index (χ1) is 12.7. The smallest absolute Gasteiger partial charge is 0.410 e. The van der Waals surface area contributed by atoms with Crippen LogP contribution in [0.25, 0.3) is 0 Å². The molecule has 0 aromatic heterocycles. The molecule has 3 aliphatic heterocycles. The lowest BCUT2D eigenvalue weighted by atomic mass is 9.94. The molecule has 3 saturated heterocycles. The van der Waals surface area contributed by atoms with Gasteiger partial charge < -0.3 is 19.9 Å². The standard InChI is InChI=1S/C20H27N3O3.ClH/c24-19(18-4-2-1-3-16(18)13-15-5-8-21-14-15)22-9-6-17(7-10-22)23-11-12-26-20(23)25;/h1-4,15,17,21H,5-14H2;1H. The van der Waals surface area contributed by atoms with Crippen molar-refractivity contribution in [3.05, 3.63) is 35.4 Å². The maximum atomic E-state index is 13.1. The highest BCUT2D eigenvalue weighted by atomic mass is 35.5. The van der Waals surface area contributed by atoms with Crippen LogP contribution in [-0.2, 0) is 11.2 Å². The first-order valence-electron chi connectivity index (χ1n) is 9.73. The van der Waals surface area contributed by atoms with Crippen molar-refractivity contribution in [3.8, 4) is 0 Å². The van der Waals surface area contributed by atoms with Crippen molar-refractivity contribution in [3.63, 3.8) is 0 Å². The minimum Gasteiger partial charge on any atom is -0.448 e. The van der Waals surface area contributed by atoms with Crippen molar-refractivity contribution >= 4 is 24.4 Å². The molecule has 0 saturated carbocycles. The molecule has 27 heavy (non-hydrogen) atoms. The average molecular weight is 394 g/mol. The Labute approximate surface area is 166 Å². The van der Waals surface area contributed by atoms with Crippen molar-refractivity contribution in [1.29, 1.82) is 0 Å². The number of carbonyl (C=O) groups is 2. The molecule has 1 aromatic carbocycles. The maximum absolute atomic E-state index is 13.1. The lowest BCUT2D eigenvalue weighted by molar-refractivity contribution is 0.0657. The van der Waals surface area contributed by atoms with Gasteiger partial charge in [0.15, 0.2) is 0 Å². The van der Waals surface area contributed by atoms with Crippen LogP contribution in [0.4, 0.5) is 4.79 Å². The van der Waals surface area contributed by atoms with Gasteiger partial charge in [-0.2, -0.15) is 0 Å². The Morgan fingerprint density at radius 1 is 1.15 bits per heavy atom. The molecule has 1 atom stereocenters. The molecular formula is C20H28ClN3O3. The number of hydrogen-bond donors (Lipinski definition) is 1. The van der Waals surface area contributed by atoms with Crippen molar-refractivity contribution in [2.24, 2.45) is 5.92 Å². The number of halogens is 1. The molecule has 1 aromatic rings. The van der Waals surface area contributed by atoms with Gasteiger partial charge in [0.2, 0.25) is 0 Å². The fourth-order valence-electron chi connectivity index (χ4n) is 4.39. The van der Waals surface area contributed by atoms with Crippen LogP contribution < -0.4 is 5.32 Å². The number of rotatable bonds is 4. The highest BCUT2D eigenvalue weighted by molar-refractivity contribution is 5.95. The number of cyclic esters (lactones) is 1. The van der Waals surface area contributed by atoms with Crippen LogP contribution in [0.2, 0.25) is 0 Å². The number of likely N-dealkylation sites (tertiary alicyclic amines) is 1. The van der Waals surface area contributed by atoms with Crippen LogP contribution >= 0.6 is 12.4 Å². The van der Waals surface area contributed by atoms with Crippen molar-refractivity contribution in [1.82, 2.24) is 15.1 Å². The molecule has 0 bridgehead atoms. The van der Waals surface area contributed by atoms with E-state index in [2.05, 4.69) is 11.4 Å². The van der Waals surface area contributed by atoms with E-state index in [0.717, 1.165) is 43.5 Å². The number of piperidine rings is 1. The fourth-order valence-corrected chi connectivity index (χ4v) is 4.39. The fraction of sp³-hybridized carbons (Fsp3) is 0.600. The van der Waals surface area contributed by atoms with Gasteiger partial charge in [-0.3, -0.25) is 4.79 Å². The topological polar surface area (TPSA) is 61.9 Å². The monoisotopic (exact) mass is 393 g/mol. The van der Waals surface area contributed by atoms with Crippen molar-refractivity contribution in [2.45, 2.75) is 31.7 Å². The van der Waals surface area contributed by atoms with Gasteiger partial charge in [0.05, 0.1) is 6.54 Å². The van der Waals surface area contributed by atoms with E-state index < -0.39 is 0 Å². The molecule has 3 aliphatic rings. The Hall–Kier alpha value is -1.79. The van der Waals surface area contributed by atoms with E-state index in [9.17, 15) is 9.59 Å². The molecule has 2 amide bonds. The average Bonchev–Trinajstić information content (AvgIpc) is 3.33. The van der Waals surface area contributed by atoms with Gasteiger partial charge in [-0.05, 0) is 56.3 Å². The summed E-state index contributed by atoms with van der Waals surface area (Å²) in [6, 6.07) is 8.24. The summed E-state index contributed by atoms with van der Waals surface area (Å²) in [4.78, 5) is 28.6. The number of nitrogens with one attached hydrogen (secondary N) is 1. The van der Waals surface area contributed by atoms with Gasteiger partial charge in [0.25, 0.3) is 5.91 Å². The van der Waals surface area contributed by atoms with E-state index >= 15 is 0 Å². The second-order valence-corrected chi connectivity index (χ2v) is 7.55. The summed E-state index contributed by atoms with van der Waals surface area (Å²) in [6.07, 6.45) is 3.60. The first kappa shape index (κ1) is 20.0. The number of carbonyl (C=O) groups excluding carboxylic acids is 2. The summed E-state index contributed by atoms with van der Waals surface area (Å²) in [5, 5.41) is 3.40. The second-order valence-electron chi connectivity index (χ2n) is 7.55. The van der Waals surface area contributed by atoms with E-state index in [0.29, 0.717) is 32.2 Å². The number of benzene rings is 1. The number of nitrogens with zero attached hydrogens (tertiary/aromatic N) is 2. The number of hydrogen-bond acceptors (Lipinski definition) is 4. The molecule has 1 unspecified atom stereocenters. The van der Waals surface area contributed by atoms with Gasteiger partial charge >= 0.3 is 6.09 Å². The summed E-state index contributed by atoms with van der Waals surface area (Å²) in [5.41, 5.74) is 2.01. The third-order valence-corrected chi connectivity index (χ3v) is 5.90. The number of amides is 2. The summed E-state index contributed by atoms with van der Waals surface area (Å²) < 4.78 is 5.04. The lowest BCUT2D eigenvalue weighted by Gasteiger charge is -2.35. The van der Waals surface area contributed by atoms with Crippen LogP contribution in [-0.4, -0.2) is 67.2 Å². The molecule has 4 rings (SSSR count). The van der Waals surface area contributed by atoms with E-state index in [1.54, 1.807) is 0 Å². The molecular weight excluding hydrogens is 366 g/mol. The molecule has 3 heterocycles.